The van der Waals surface area contributed by atoms with Gasteiger partial charge >= 0.3 is 0 Å². The summed E-state index contributed by atoms with van der Waals surface area (Å²) in [6, 6.07) is 3.29. The van der Waals surface area contributed by atoms with E-state index in [9.17, 15) is 18.7 Å². The zero-order valence-electron chi connectivity index (χ0n) is 11.5. The minimum absolute atomic E-state index is 0.0419. The largest absolute Gasteiger partial charge is 0.395 e. The first-order valence-corrected chi connectivity index (χ1v) is 7.91. The first-order chi connectivity index (χ1) is 9.98. The number of amides is 1. The molecule has 0 unspecified atom stereocenters. The van der Waals surface area contributed by atoms with Gasteiger partial charge in [-0.1, -0.05) is 6.07 Å². The van der Waals surface area contributed by atoms with Crippen molar-refractivity contribution in [3.05, 3.63) is 22.4 Å². The summed E-state index contributed by atoms with van der Waals surface area (Å²) >= 11 is 1.54. The molecule has 0 aliphatic carbocycles. The van der Waals surface area contributed by atoms with Gasteiger partial charge in [-0.05, 0) is 11.4 Å². The smallest absolute Gasteiger partial charge is 0.262 e. The van der Waals surface area contributed by atoms with Gasteiger partial charge in [0.25, 0.3) is 5.92 Å². The Labute approximate surface area is 126 Å². The van der Waals surface area contributed by atoms with E-state index in [-0.39, 0.29) is 31.5 Å². The molecule has 1 N–H and O–H groups in total. The highest BCUT2D eigenvalue weighted by atomic mass is 32.1. The molecule has 0 radical (unpaired) electrons. The molecule has 3 heterocycles. The minimum Gasteiger partial charge on any atom is -0.395 e. The Morgan fingerprint density at radius 3 is 2.86 bits per heavy atom. The van der Waals surface area contributed by atoms with E-state index in [1.165, 1.54) is 0 Å². The van der Waals surface area contributed by atoms with Crippen LogP contribution in [-0.4, -0.2) is 65.1 Å². The fourth-order valence-corrected chi connectivity index (χ4v) is 3.76. The highest BCUT2D eigenvalue weighted by Crippen LogP contribution is 2.35. The molecule has 0 bridgehead atoms. The van der Waals surface area contributed by atoms with E-state index in [1.54, 1.807) is 21.1 Å². The molecule has 1 aromatic heterocycles. The summed E-state index contributed by atoms with van der Waals surface area (Å²) in [6.07, 6.45) is 0.0904. The maximum Gasteiger partial charge on any atom is 0.262 e. The maximum absolute atomic E-state index is 13.4. The number of alkyl halides is 2. The number of aliphatic hydroxyl groups is 1. The van der Waals surface area contributed by atoms with Gasteiger partial charge in [-0.2, -0.15) is 0 Å². The van der Waals surface area contributed by atoms with Crippen molar-refractivity contribution in [1.29, 1.82) is 0 Å². The van der Waals surface area contributed by atoms with E-state index >= 15 is 0 Å². The van der Waals surface area contributed by atoms with Crippen LogP contribution in [0.2, 0.25) is 0 Å². The van der Waals surface area contributed by atoms with E-state index < -0.39 is 12.0 Å². The zero-order valence-corrected chi connectivity index (χ0v) is 12.4. The standard InChI is InChI=1S/C14H18F2N2O2S/c15-14(16)5-10(8-19)18(9-14)11-6-17(7-11)13(20)4-12-2-1-3-21-12/h1-3,10-11,19H,4-9H2/t10-/m0/s1. The van der Waals surface area contributed by atoms with Gasteiger partial charge in [0, 0.05) is 36.5 Å². The molecule has 2 saturated heterocycles. The van der Waals surface area contributed by atoms with Crippen LogP contribution in [0.3, 0.4) is 0 Å². The summed E-state index contributed by atoms with van der Waals surface area (Å²) in [4.78, 5) is 16.4. The number of carbonyl (C=O) groups is 1. The molecule has 7 heteroatoms. The molecule has 21 heavy (non-hydrogen) atoms. The van der Waals surface area contributed by atoms with Crippen LogP contribution in [0, 0.1) is 0 Å². The molecule has 0 aromatic carbocycles. The highest BCUT2D eigenvalue weighted by Gasteiger charge is 2.49. The molecule has 0 spiro atoms. The second-order valence-electron chi connectivity index (χ2n) is 5.78. The van der Waals surface area contributed by atoms with Crippen LogP contribution in [0.1, 0.15) is 11.3 Å². The van der Waals surface area contributed by atoms with Crippen molar-refractivity contribution < 1.29 is 18.7 Å². The number of halogens is 2. The summed E-state index contributed by atoms with van der Waals surface area (Å²) in [5, 5.41) is 11.2. The lowest BCUT2D eigenvalue weighted by Crippen LogP contribution is -2.62. The Morgan fingerprint density at radius 1 is 1.48 bits per heavy atom. The molecular formula is C14H18F2N2O2S. The third kappa shape index (κ3) is 3.09. The molecule has 4 nitrogen and oxygen atoms in total. The van der Waals surface area contributed by atoms with Crippen molar-refractivity contribution in [2.24, 2.45) is 0 Å². The molecule has 1 aromatic rings. The van der Waals surface area contributed by atoms with Crippen LogP contribution >= 0.6 is 11.3 Å². The molecular weight excluding hydrogens is 298 g/mol. The van der Waals surface area contributed by atoms with Gasteiger partial charge in [0.05, 0.1) is 19.6 Å². The highest BCUT2D eigenvalue weighted by molar-refractivity contribution is 7.10. The molecule has 2 fully saturated rings. The third-order valence-electron chi connectivity index (χ3n) is 4.22. The number of hydrogen-bond donors (Lipinski definition) is 1. The second kappa shape index (κ2) is 5.62. The lowest BCUT2D eigenvalue weighted by molar-refractivity contribution is -0.138. The summed E-state index contributed by atoms with van der Waals surface area (Å²) < 4.78 is 26.9. The number of thiophene rings is 1. The van der Waals surface area contributed by atoms with Crippen LogP contribution < -0.4 is 0 Å². The van der Waals surface area contributed by atoms with Gasteiger partial charge in [-0.15, -0.1) is 11.3 Å². The van der Waals surface area contributed by atoms with Gasteiger partial charge in [0.1, 0.15) is 0 Å². The summed E-state index contributed by atoms with van der Waals surface area (Å²) in [7, 11) is 0. The van der Waals surface area contributed by atoms with Crippen LogP contribution in [0.4, 0.5) is 8.78 Å². The topological polar surface area (TPSA) is 43.8 Å². The third-order valence-corrected chi connectivity index (χ3v) is 5.09. The van der Waals surface area contributed by atoms with Crippen molar-refractivity contribution in [2.45, 2.75) is 30.8 Å². The predicted octanol–water partition coefficient (Wildman–Crippen LogP) is 1.20. The van der Waals surface area contributed by atoms with Crippen LogP contribution in [0.15, 0.2) is 17.5 Å². The summed E-state index contributed by atoms with van der Waals surface area (Å²) in [5.41, 5.74) is 0. The van der Waals surface area contributed by atoms with E-state index in [0.717, 1.165) is 4.88 Å². The lowest BCUT2D eigenvalue weighted by Gasteiger charge is -2.45. The number of nitrogens with zero attached hydrogens (tertiary/aromatic N) is 2. The average molecular weight is 316 g/mol. The molecule has 2 aliphatic heterocycles. The van der Waals surface area contributed by atoms with E-state index in [2.05, 4.69) is 0 Å². The van der Waals surface area contributed by atoms with E-state index in [0.29, 0.717) is 19.5 Å². The number of aliphatic hydroxyl groups excluding tert-OH is 1. The number of carbonyl (C=O) groups excluding carboxylic acids is 1. The maximum atomic E-state index is 13.4. The van der Waals surface area contributed by atoms with Gasteiger partial charge in [-0.3, -0.25) is 9.69 Å². The average Bonchev–Trinajstić information content (AvgIpc) is 2.95. The Balaban J connectivity index is 1.52. The fraction of sp³-hybridized carbons (Fsp3) is 0.643. The molecule has 1 amide bonds. The van der Waals surface area contributed by atoms with Gasteiger partial charge in [0.2, 0.25) is 5.91 Å². The quantitative estimate of drug-likeness (QED) is 0.908. The molecule has 1 atom stereocenters. The van der Waals surface area contributed by atoms with Gasteiger partial charge < -0.3 is 10.0 Å². The Hall–Kier alpha value is -1.05. The van der Waals surface area contributed by atoms with Gasteiger partial charge in [-0.25, -0.2) is 8.78 Å². The predicted molar refractivity (Wildman–Crippen MR) is 75.5 cm³/mol. The van der Waals surface area contributed by atoms with E-state index in [4.69, 9.17) is 0 Å². The normalized spacial score (nSPS) is 26.0. The van der Waals surface area contributed by atoms with Gasteiger partial charge in [0.15, 0.2) is 0 Å². The Kier molecular flexibility index (Phi) is 3.98. The molecule has 0 saturated carbocycles. The summed E-state index contributed by atoms with van der Waals surface area (Å²) in [6.45, 7) is 0.401. The van der Waals surface area contributed by atoms with Crippen LogP contribution in [0.5, 0.6) is 0 Å². The molecule has 3 rings (SSSR count). The Morgan fingerprint density at radius 2 is 2.24 bits per heavy atom. The number of likely N-dealkylation sites (tertiary alicyclic amines) is 2. The SMILES string of the molecule is O=C(Cc1cccs1)N1CC(N2CC(F)(F)C[C@H]2CO)C1. The van der Waals surface area contributed by atoms with E-state index in [1.807, 2.05) is 17.5 Å². The van der Waals surface area contributed by atoms with Crippen molar-refractivity contribution >= 4 is 17.2 Å². The fourth-order valence-electron chi connectivity index (χ4n) is 3.06. The lowest BCUT2D eigenvalue weighted by atomic mass is 10.1. The number of rotatable bonds is 4. The molecule has 2 aliphatic rings. The first kappa shape index (κ1) is 14.9. The number of hydrogen-bond acceptors (Lipinski definition) is 4. The second-order valence-corrected chi connectivity index (χ2v) is 6.81. The minimum atomic E-state index is -2.73. The van der Waals surface area contributed by atoms with Crippen molar-refractivity contribution in [3.8, 4) is 0 Å². The van der Waals surface area contributed by atoms with Crippen molar-refractivity contribution in [3.63, 3.8) is 0 Å². The van der Waals surface area contributed by atoms with Crippen molar-refractivity contribution in [2.75, 3.05) is 26.2 Å². The van der Waals surface area contributed by atoms with Crippen LogP contribution in [0.25, 0.3) is 0 Å². The zero-order chi connectivity index (χ0) is 15.0. The molecule has 116 valence electrons. The van der Waals surface area contributed by atoms with Crippen molar-refractivity contribution in [1.82, 2.24) is 9.80 Å². The monoisotopic (exact) mass is 316 g/mol. The Bertz CT molecular complexity index is 503. The first-order valence-electron chi connectivity index (χ1n) is 7.03. The summed E-state index contributed by atoms with van der Waals surface area (Å²) in [5.74, 6) is -2.69. The van der Waals surface area contributed by atoms with Crippen LogP contribution in [-0.2, 0) is 11.2 Å².